The van der Waals surface area contributed by atoms with Crippen LogP contribution in [0.25, 0.3) is 0 Å². The molecule has 0 bridgehead atoms. The second-order valence-electron chi connectivity index (χ2n) is 7.17. The number of benzene rings is 1. The van der Waals surface area contributed by atoms with Crippen LogP contribution >= 0.6 is 0 Å². The van der Waals surface area contributed by atoms with E-state index in [1.54, 1.807) is 6.33 Å². The number of nitrogens with one attached hydrogen (secondary N) is 2. The molecule has 2 unspecified atom stereocenters. The number of guanidine groups is 1. The average molecular weight is 406 g/mol. The number of ether oxygens (including phenoxy) is 1. The third-order valence-electron chi connectivity index (χ3n) is 4.97. The van der Waals surface area contributed by atoms with Gasteiger partial charge in [0.2, 0.25) is 0 Å². The molecule has 1 aliphatic rings. The quantitative estimate of drug-likeness (QED) is 0.520. The first-order valence-corrected chi connectivity index (χ1v) is 10.0. The zero-order chi connectivity index (χ0) is 20.6. The van der Waals surface area contributed by atoms with Crippen LogP contribution in [0.5, 0.6) is 0 Å². The first kappa shape index (κ1) is 21.2. The van der Waals surface area contributed by atoms with E-state index < -0.39 is 11.6 Å². The minimum Gasteiger partial charge on any atom is -0.381 e. The molecule has 2 N–H and O–H groups in total. The zero-order valence-corrected chi connectivity index (χ0v) is 16.9. The largest absolute Gasteiger partial charge is 0.381 e. The standard InChI is InChI=1S/C20H28F2N6O/c1-3-19-27-25-13-28(19)8-7-23-20(24-11-15-6-9-29-12-15)26-14(2)17-5-4-16(21)10-18(17)22/h4-5,10,13-15H,3,6-9,11-12H2,1-2H3,(H2,23,24,26). The molecule has 3 rings (SSSR count). The molecule has 0 amide bonds. The van der Waals surface area contributed by atoms with Crippen LogP contribution in [0.1, 0.15) is 37.7 Å². The fourth-order valence-electron chi connectivity index (χ4n) is 3.27. The van der Waals surface area contributed by atoms with Gasteiger partial charge in [-0.2, -0.15) is 0 Å². The van der Waals surface area contributed by atoms with Gasteiger partial charge in [0.25, 0.3) is 0 Å². The molecule has 1 saturated heterocycles. The lowest BCUT2D eigenvalue weighted by Gasteiger charge is -2.20. The van der Waals surface area contributed by atoms with Crippen LogP contribution in [-0.4, -0.2) is 47.0 Å². The van der Waals surface area contributed by atoms with Crippen LogP contribution in [0.3, 0.4) is 0 Å². The predicted molar refractivity (Wildman–Crippen MR) is 107 cm³/mol. The molecule has 0 spiro atoms. The molecule has 0 radical (unpaired) electrons. The van der Waals surface area contributed by atoms with Crippen molar-refractivity contribution in [1.29, 1.82) is 0 Å². The smallest absolute Gasteiger partial charge is 0.191 e. The summed E-state index contributed by atoms with van der Waals surface area (Å²) in [6.07, 6.45) is 3.50. The molecule has 2 aromatic rings. The van der Waals surface area contributed by atoms with Crippen LogP contribution in [0.15, 0.2) is 29.5 Å². The molecule has 7 nitrogen and oxygen atoms in total. The third-order valence-corrected chi connectivity index (χ3v) is 4.97. The zero-order valence-electron chi connectivity index (χ0n) is 16.9. The van der Waals surface area contributed by atoms with Gasteiger partial charge in [-0.3, -0.25) is 4.99 Å². The van der Waals surface area contributed by atoms with Crippen molar-refractivity contribution in [3.63, 3.8) is 0 Å². The second-order valence-corrected chi connectivity index (χ2v) is 7.17. The van der Waals surface area contributed by atoms with E-state index in [1.807, 2.05) is 18.4 Å². The highest BCUT2D eigenvalue weighted by molar-refractivity contribution is 5.80. The summed E-state index contributed by atoms with van der Waals surface area (Å²) >= 11 is 0. The van der Waals surface area contributed by atoms with E-state index in [0.717, 1.165) is 31.3 Å². The molecule has 158 valence electrons. The van der Waals surface area contributed by atoms with Crippen molar-refractivity contribution in [3.8, 4) is 0 Å². The first-order valence-electron chi connectivity index (χ1n) is 10.0. The van der Waals surface area contributed by atoms with Gasteiger partial charge in [0.1, 0.15) is 23.8 Å². The van der Waals surface area contributed by atoms with Crippen LogP contribution < -0.4 is 10.6 Å². The Bertz CT molecular complexity index is 819. The molecule has 1 aromatic heterocycles. The number of nitrogens with zero attached hydrogens (tertiary/aromatic N) is 4. The van der Waals surface area contributed by atoms with Gasteiger partial charge in [-0.05, 0) is 19.4 Å². The fraction of sp³-hybridized carbons (Fsp3) is 0.550. The third kappa shape index (κ3) is 5.96. The Labute approximate surface area is 169 Å². The molecule has 1 fully saturated rings. The van der Waals surface area contributed by atoms with Crippen molar-refractivity contribution < 1.29 is 13.5 Å². The SMILES string of the molecule is CCc1nncn1CCNC(=NCC1CCOC1)NC(C)c1ccc(F)cc1F. The highest BCUT2D eigenvalue weighted by Gasteiger charge is 2.17. The Hall–Kier alpha value is -2.55. The van der Waals surface area contributed by atoms with Crippen LogP contribution in [0.4, 0.5) is 8.78 Å². The predicted octanol–water partition coefficient (Wildman–Crippen LogP) is 2.45. The van der Waals surface area contributed by atoms with Crippen molar-refractivity contribution in [2.75, 3.05) is 26.3 Å². The maximum atomic E-state index is 14.1. The number of rotatable bonds is 8. The number of hydrogen-bond donors (Lipinski definition) is 2. The minimum atomic E-state index is -0.590. The van der Waals surface area contributed by atoms with Crippen LogP contribution in [-0.2, 0) is 17.7 Å². The van der Waals surface area contributed by atoms with E-state index in [1.165, 1.54) is 12.1 Å². The number of hydrogen-bond acceptors (Lipinski definition) is 4. The van der Waals surface area contributed by atoms with E-state index >= 15 is 0 Å². The monoisotopic (exact) mass is 406 g/mol. The summed E-state index contributed by atoms with van der Waals surface area (Å²) in [6.45, 7) is 7.24. The normalized spacial score (nSPS) is 18.1. The van der Waals surface area contributed by atoms with E-state index in [-0.39, 0.29) is 6.04 Å². The van der Waals surface area contributed by atoms with Crippen molar-refractivity contribution in [1.82, 2.24) is 25.4 Å². The number of aliphatic imine (C=N–C) groups is 1. The van der Waals surface area contributed by atoms with Gasteiger partial charge in [-0.15, -0.1) is 10.2 Å². The van der Waals surface area contributed by atoms with E-state index in [4.69, 9.17) is 4.74 Å². The molecular formula is C20H28F2N6O. The Morgan fingerprint density at radius 3 is 3.00 bits per heavy atom. The van der Waals surface area contributed by atoms with Gasteiger partial charge in [0, 0.05) is 50.2 Å². The second kappa shape index (κ2) is 10.3. The van der Waals surface area contributed by atoms with Crippen LogP contribution in [0, 0.1) is 17.6 Å². The molecule has 2 heterocycles. The lowest BCUT2D eigenvalue weighted by Crippen LogP contribution is -2.41. The first-order chi connectivity index (χ1) is 14.1. The molecule has 0 aliphatic carbocycles. The maximum absolute atomic E-state index is 14.1. The molecule has 1 aliphatic heterocycles. The number of halogens is 2. The minimum absolute atomic E-state index is 0.372. The van der Waals surface area contributed by atoms with E-state index in [0.29, 0.717) is 43.7 Å². The van der Waals surface area contributed by atoms with Crippen LogP contribution in [0.2, 0.25) is 0 Å². The van der Waals surface area contributed by atoms with Crippen molar-refractivity contribution in [2.45, 2.75) is 39.3 Å². The maximum Gasteiger partial charge on any atom is 0.191 e. The molecule has 9 heteroatoms. The Morgan fingerprint density at radius 1 is 1.41 bits per heavy atom. The van der Waals surface area contributed by atoms with Crippen molar-refractivity contribution >= 4 is 5.96 Å². The summed E-state index contributed by atoms with van der Waals surface area (Å²) < 4.78 is 34.7. The Morgan fingerprint density at radius 2 is 2.28 bits per heavy atom. The van der Waals surface area contributed by atoms with Gasteiger partial charge in [0.15, 0.2) is 5.96 Å². The van der Waals surface area contributed by atoms with Crippen molar-refractivity contribution in [3.05, 3.63) is 47.5 Å². The molecule has 1 aromatic carbocycles. The molecular weight excluding hydrogens is 378 g/mol. The molecule has 0 saturated carbocycles. The summed E-state index contributed by atoms with van der Waals surface area (Å²) in [4.78, 5) is 4.66. The summed E-state index contributed by atoms with van der Waals surface area (Å²) in [6, 6.07) is 3.24. The van der Waals surface area contributed by atoms with Gasteiger partial charge >= 0.3 is 0 Å². The summed E-state index contributed by atoms with van der Waals surface area (Å²) in [5.41, 5.74) is 0.386. The Balaban J connectivity index is 1.64. The lowest BCUT2D eigenvalue weighted by molar-refractivity contribution is 0.187. The van der Waals surface area contributed by atoms with Gasteiger partial charge in [0.05, 0.1) is 12.6 Å². The highest BCUT2D eigenvalue weighted by atomic mass is 19.1. The van der Waals surface area contributed by atoms with Gasteiger partial charge in [-0.1, -0.05) is 13.0 Å². The molecule has 29 heavy (non-hydrogen) atoms. The van der Waals surface area contributed by atoms with Crippen molar-refractivity contribution in [2.24, 2.45) is 10.9 Å². The topological polar surface area (TPSA) is 76.4 Å². The highest BCUT2D eigenvalue weighted by Crippen LogP contribution is 2.18. The fourth-order valence-corrected chi connectivity index (χ4v) is 3.27. The number of aryl methyl sites for hydroxylation is 1. The average Bonchev–Trinajstić information content (AvgIpc) is 3.37. The van der Waals surface area contributed by atoms with Gasteiger partial charge in [-0.25, -0.2) is 8.78 Å². The van der Waals surface area contributed by atoms with E-state index in [2.05, 4.69) is 25.8 Å². The number of aromatic nitrogens is 3. The Kier molecular flexibility index (Phi) is 7.51. The summed E-state index contributed by atoms with van der Waals surface area (Å²) in [5.74, 6) is 0.719. The summed E-state index contributed by atoms with van der Waals surface area (Å²) in [7, 11) is 0. The van der Waals surface area contributed by atoms with E-state index in [9.17, 15) is 8.78 Å². The lowest BCUT2D eigenvalue weighted by atomic mass is 10.1. The molecule has 2 atom stereocenters. The summed E-state index contributed by atoms with van der Waals surface area (Å²) in [5, 5.41) is 14.5. The van der Waals surface area contributed by atoms with Gasteiger partial charge < -0.3 is 19.9 Å².